The highest BCUT2D eigenvalue weighted by molar-refractivity contribution is 5.82. The minimum absolute atomic E-state index is 0.0738. The van der Waals surface area contributed by atoms with Gasteiger partial charge in [-0.1, -0.05) is 19.3 Å². The number of Topliss-reactive ketones (excluding diaryl/α,β-unsaturated/α-hetero) is 1. The maximum absolute atomic E-state index is 11.4. The van der Waals surface area contributed by atoms with Crippen LogP contribution < -0.4 is 0 Å². The van der Waals surface area contributed by atoms with E-state index in [1.54, 1.807) is 0 Å². The van der Waals surface area contributed by atoms with Crippen molar-refractivity contribution in [1.82, 2.24) is 0 Å². The Kier molecular flexibility index (Phi) is 3.69. The van der Waals surface area contributed by atoms with Gasteiger partial charge < -0.3 is 9.47 Å². The van der Waals surface area contributed by atoms with Crippen LogP contribution in [0.2, 0.25) is 0 Å². The fourth-order valence-corrected chi connectivity index (χ4v) is 1.44. The highest BCUT2D eigenvalue weighted by Crippen LogP contribution is 2.29. The molecule has 0 bridgehead atoms. The summed E-state index contributed by atoms with van der Waals surface area (Å²) in [6.45, 7) is 0. The van der Waals surface area contributed by atoms with Crippen molar-refractivity contribution in [1.29, 1.82) is 0 Å². The number of ether oxygens (including phenoxy) is 2. The normalized spacial score (nSPS) is 17.9. The van der Waals surface area contributed by atoms with Gasteiger partial charge in [0.25, 0.3) is 0 Å². The lowest BCUT2D eigenvalue weighted by Gasteiger charge is -2.25. The Morgan fingerprint density at radius 1 is 1.42 bits per heavy atom. The molecular weight excluding hydrogens is 156 g/mol. The van der Waals surface area contributed by atoms with Gasteiger partial charge >= 0.3 is 0 Å². The van der Waals surface area contributed by atoms with E-state index in [-0.39, 0.29) is 5.78 Å². The topological polar surface area (TPSA) is 35.5 Å². The fourth-order valence-electron chi connectivity index (χ4n) is 1.44. The Hall–Kier alpha value is -0.410. The maximum Gasteiger partial charge on any atom is 0.217 e. The van der Waals surface area contributed by atoms with Crippen LogP contribution in [-0.2, 0) is 14.3 Å². The second-order valence-corrected chi connectivity index (χ2v) is 3.27. The lowest BCUT2D eigenvalue weighted by Crippen LogP contribution is -2.28. The van der Waals surface area contributed by atoms with Gasteiger partial charge in [-0.05, 0) is 5.92 Å². The molecule has 0 unspecified atom stereocenters. The van der Waals surface area contributed by atoms with Gasteiger partial charge in [0, 0.05) is 20.6 Å². The average molecular weight is 172 g/mol. The highest BCUT2D eigenvalue weighted by Gasteiger charge is 2.25. The summed E-state index contributed by atoms with van der Waals surface area (Å²) in [6, 6.07) is 0. The third-order valence-electron chi connectivity index (χ3n) is 2.41. The van der Waals surface area contributed by atoms with Crippen molar-refractivity contribution in [2.45, 2.75) is 32.0 Å². The Bertz CT molecular complexity index is 148. The van der Waals surface area contributed by atoms with Crippen molar-refractivity contribution in [2.75, 3.05) is 14.2 Å². The Labute approximate surface area is 73.0 Å². The molecule has 3 nitrogen and oxygen atoms in total. The molecule has 0 aromatic rings. The molecule has 0 atom stereocenters. The summed E-state index contributed by atoms with van der Waals surface area (Å²) in [5.74, 6) is 0.662. The first kappa shape index (κ1) is 9.68. The van der Waals surface area contributed by atoms with Crippen molar-refractivity contribution >= 4 is 5.78 Å². The van der Waals surface area contributed by atoms with E-state index in [1.807, 2.05) is 0 Å². The van der Waals surface area contributed by atoms with Gasteiger partial charge in [0.2, 0.25) is 6.29 Å². The summed E-state index contributed by atoms with van der Waals surface area (Å²) in [5, 5.41) is 0. The number of carbonyl (C=O) groups excluding carboxylic acids is 1. The first-order valence-corrected chi connectivity index (χ1v) is 4.36. The second kappa shape index (κ2) is 4.58. The first-order valence-electron chi connectivity index (χ1n) is 4.36. The van der Waals surface area contributed by atoms with Crippen LogP contribution in [0.3, 0.4) is 0 Å². The number of carbonyl (C=O) groups is 1. The van der Waals surface area contributed by atoms with Crippen molar-refractivity contribution in [3.63, 3.8) is 0 Å². The Morgan fingerprint density at radius 3 is 2.33 bits per heavy atom. The zero-order valence-corrected chi connectivity index (χ0v) is 7.71. The Balaban J connectivity index is 2.24. The molecule has 0 amide bonds. The molecule has 0 aromatic heterocycles. The number of rotatable bonds is 5. The molecule has 0 N–H and O–H groups in total. The molecule has 0 aromatic carbocycles. The van der Waals surface area contributed by atoms with E-state index in [2.05, 4.69) is 0 Å². The van der Waals surface area contributed by atoms with E-state index in [0.717, 1.165) is 0 Å². The zero-order valence-electron chi connectivity index (χ0n) is 7.71. The third kappa shape index (κ3) is 2.29. The van der Waals surface area contributed by atoms with Crippen LogP contribution in [0.5, 0.6) is 0 Å². The molecule has 12 heavy (non-hydrogen) atoms. The standard InChI is InChI=1S/C9H16O3/c1-11-9(12-2)8(10)6-7-4-3-5-7/h7,9H,3-6H2,1-2H3. The smallest absolute Gasteiger partial charge is 0.217 e. The molecule has 0 saturated heterocycles. The van der Waals surface area contributed by atoms with Gasteiger partial charge in [0.05, 0.1) is 0 Å². The SMILES string of the molecule is COC(OC)C(=O)CC1CCC1. The van der Waals surface area contributed by atoms with E-state index >= 15 is 0 Å². The molecule has 1 aliphatic rings. The summed E-state index contributed by atoms with van der Waals surface area (Å²) in [7, 11) is 2.99. The molecule has 0 heterocycles. The lowest BCUT2D eigenvalue weighted by atomic mass is 9.82. The molecule has 0 radical (unpaired) electrons. The van der Waals surface area contributed by atoms with Crippen LogP contribution in [-0.4, -0.2) is 26.3 Å². The molecule has 1 fully saturated rings. The highest BCUT2D eigenvalue weighted by atomic mass is 16.7. The molecule has 1 rings (SSSR count). The summed E-state index contributed by atoms with van der Waals surface area (Å²) in [6.07, 6.45) is 3.61. The molecule has 1 saturated carbocycles. The van der Waals surface area contributed by atoms with E-state index in [0.29, 0.717) is 12.3 Å². The van der Waals surface area contributed by atoms with E-state index < -0.39 is 6.29 Å². The largest absolute Gasteiger partial charge is 0.349 e. The summed E-state index contributed by atoms with van der Waals surface area (Å²) < 4.78 is 9.72. The van der Waals surface area contributed by atoms with Gasteiger partial charge in [-0.15, -0.1) is 0 Å². The average Bonchev–Trinajstić information content (AvgIpc) is 1.99. The minimum Gasteiger partial charge on any atom is -0.349 e. The predicted octanol–water partition coefficient (Wildman–Crippen LogP) is 1.36. The number of ketones is 1. The molecule has 1 aliphatic carbocycles. The van der Waals surface area contributed by atoms with Crippen LogP contribution in [0.15, 0.2) is 0 Å². The number of hydrogen-bond donors (Lipinski definition) is 0. The zero-order chi connectivity index (χ0) is 8.97. The minimum atomic E-state index is -0.648. The maximum atomic E-state index is 11.4. The quantitative estimate of drug-likeness (QED) is 0.587. The predicted molar refractivity (Wildman–Crippen MR) is 44.8 cm³/mol. The Morgan fingerprint density at radius 2 is 2.00 bits per heavy atom. The van der Waals surface area contributed by atoms with Gasteiger partial charge in [-0.25, -0.2) is 0 Å². The summed E-state index contributed by atoms with van der Waals surface area (Å²) in [4.78, 5) is 11.4. The number of methoxy groups -OCH3 is 2. The van der Waals surface area contributed by atoms with Crippen molar-refractivity contribution < 1.29 is 14.3 Å². The van der Waals surface area contributed by atoms with Crippen molar-refractivity contribution in [3.8, 4) is 0 Å². The van der Waals surface area contributed by atoms with Gasteiger partial charge in [-0.3, -0.25) is 4.79 Å². The van der Waals surface area contributed by atoms with Gasteiger partial charge in [-0.2, -0.15) is 0 Å². The van der Waals surface area contributed by atoms with Crippen molar-refractivity contribution in [3.05, 3.63) is 0 Å². The van der Waals surface area contributed by atoms with E-state index in [9.17, 15) is 4.79 Å². The van der Waals surface area contributed by atoms with E-state index in [4.69, 9.17) is 9.47 Å². The summed E-state index contributed by atoms with van der Waals surface area (Å²) >= 11 is 0. The van der Waals surface area contributed by atoms with Gasteiger partial charge in [0.1, 0.15) is 0 Å². The second-order valence-electron chi connectivity index (χ2n) is 3.27. The van der Waals surface area contributed by atoms with Crippen molar-refractivity contribution in [2.24, 2.45) is 5.92 Å². The monoisotopic (exact) mass is 172 g/mol. The number of hydrogen-bond acceptors (Lipinski definition) is 3. The van der Waals surface area contributed by atoms with Crippen LogP contribution in [0.25, 0.3) is 0 Å². The summed E-state index contributed by atoms with van der Waals surface area (Å²) in [5.41, 5.74) is 0. The van der Waals surface area contributed by atoms with E-state index in [1.165, 1.54) is 33.5 Å². The molecule has 0 aliphatic heterocycles. The van der Waals surface area contributed by atoms with Gasteiger partial charge in [0.15, 0.2) is 5.78 Å². The third-order valence-corrected chi connectivity index (χ3v) is 2.41. The lowest BCUT2D eigenvalue weighted by molar-refractivity contribution is -0.158. The molecular formula is C9H16O3. The molecule has 70 valence electrons. The van der Waals surface area contributed by atoms with Crippen LogP contribution >= 0.6 is 0 Å². The molecule has 3 heteroatoms. The fraction of sp³-hybridized carbons (Fsp3) is 0.889. The van der Waals surface area contributed by atoms with Crippen LogP contribution in [0.1, 0.15) is 25.7 Å². The van der Waals surface area contributed by atoms with Crippen LogP contribution in [0.4, 0.5) is 0 Å². The molecule has 0 spiro atoms. The van der Waals surface area contributed by atoms with Crippen LogP contribution in [0, 0.1) is 5.92 Å². The first-order chi connectivity index (χ1) is 5.77.